The second-order valence-corrected chi connectivity index (χ2v) is 5.51. The van der Waals surface area contributed by atoms with Crippen LogP contribution in [0.5, 0.6) is 0 Å². The van der Waals surface area contributed by atoms with E-state index < -0.39 is 10.0 Å². The summed E-state index contributed by atoms with van der Waals surface area (Å²) < 4.78 is 26.7. The fraction of sp³-hybridized carbons (Fsp3) is 0.200. The van der Waals surface area contributed by atoms with Gasteiger partial charge in [0.15, 0.2) is 0 Å². The predicted octanol–water partition coefficient (Wildman–Crippen LogP) is 0.805. The lowest BCUT2D eigenvalue weighted by atomic mass is 10.3. The Morgan fingerprint density at radius 3 is 2.67 bits per heavy atom. The van der Waals surface area contributed by atoms with Crippen molar-refractivity contribution in [2.45, 2.75) is 18.7 Å². The zero-order valence-electron chi connectivity index (χ0n) is 9.93. The summed E-state index contributed by atoms with van der Waals surface area (Å²) in [5.74, 6) is 0.151. The van der Waals surface area contributed by atoms with Gasteiger partial charge in [0.25, 0.3) is 10.0 Å². The first-order chi connectivity index (χ1) is 8.40. The van der Waals surface area contributed by atoms with Gasteiger partial charge in [0.1, 0.15) is 5.82 Å². The maximum Gasteiger partial charge on any atom is 0.262 e. The van der Waals surface area contributed by atoms with Gasteiger partial charge in [-0.2, -0.15) is 5.10 Å². The van der Waals surface area contributed by atoms with Gasteiger partial charge in [-0.15, -0.1) is 0 Å². The van der Waals surface area contributed by atoms with Crippen molar-refractivity contribution in [1.82, 2.24) is 15.2 Å². The Morgan fingerprint density at radius 2 is 2.11 bits per heavy atom. The van der Waals surface area contributed by atoms with Crippen LogP contribution in [-0.2, 0) is 10.0 Å². The maximum atomic E-state index is 12.1. The molecule has 4 N–H and O–H groups in total. The smallest absolute Gasteiger partial charge is 0.262 e. The normalized spacial score (nSPS) is 11.4. The summed E-state index contributed by atoms with van der Waals surface area (Å²) in [6, 6.07) is 2.68. The quantitative estimate of drug-likeness (QED) is 0.761. The molecule has 7 nitrogen and oxygen atoms in total. The number of aryl methyl sites for hydroxylation is 2. The Bertz CT molecular complexity index is 658. The second kappa shape index (κ2) is 4.30. The van der Waals surface area contributed by atoms with Crippen LogP contribution < -0.4 is 10.5 Å². The first-order valence-electron chi connectivity index (χ1n) is 5.16. The number of sulfonamides is 1. The molecule has 0 radical (unpaired) electrons. The van der Waals surface area contributed by atoms with Crippen molar-refractivity contribution in [1.29, 1.82) is 0 Å². The monoisotopic (exact) mass is 267 g/mol. The molecule has 96 valence electrons. The molecule has 0 aliphatic rings. The maximum absolute atomic E-state index is 12.1. The predicted molar refractivity (Wildman–Crippen MR) is 67.5 cm³/mol. The van der Waals surface area contributed by atoms with Crippen LogP contribution in [-0.4, -0.2) is 23.6 Å². The van der Waals surface area contributed by atoms with Crippen LogP contribution in [0.1, 0.15) is 11.4 Å². The highest BCUT2D eigenvalue weighted by Gasteiger charge is 2.18. The molecule has 0 atom stereocenters. The minimum Gasteiger partial charge on any atom is -0.384 e. The molecule has 0 aliphatic heterocycles. The van der Waals surface area contributed by atoms with E-state index in [0.29, 0.717) is 17.1 Å². The number of aromatic nitrogens is 3. The van der Waals surface area contributed by atoms with E-state index in [2.05, 4.69) is 19.9 Å². The SMILES string of the molecule is Cc1n[nH]c(C)c1NS(=O)(=O)c1ccnc(N)c1. The highest BCUT2D eigenvalue weighted by molar-refractivity contribution is 7.92. The molecule has 0 aliphatic carbocycles. The Labute approximate surface area is 104 Å². The molecule has 0 unspecified atom stereocenters. The molecular weight excluding hydrogens is 254 g/mol. The first kappa shape index (κ1) is 12.4. The third-order valence-electron chi connectivity index (χ3n) is 2.43. The van der Waals surface area contributed by atoms with Crippen LogP contribution >= 0.6 is 0 Å². The summed E-state index contributed by atoms with van der Waals surface area (Å²) in [4.78, 5) is 3.82. The number of H-pyrrole nitrogens is 1. The largest absolute Gasteiger partial charge is 0.384 e. The number of anilines is 2. The minimum absolute atomic E-state index is 0.0648. The van der Waals surface area contributed by atoms with Gasteiger partial charge >= 0.3 is 0 Å². The molecule has 0 spiro atoms. The number of nitrogen functional groups attached to an aromatic ring is 1. The topological polar surface area (TPSA) is 114 Å². The van der Waals surface area contributed by atoms with Crippen LogP contribution in [0.15, 0.2) is 23.2 Å². The van der Waals surface area contributed by atoms with Gasteiger partial charge in [-0.1, -0.05) is 0 Å². The van der Waals surface area contributed by atoms with Crippen molar-refractivity contribution in [3.8, 4) is 0 Å². The average molecular weight is 267 g/mol. The molecule has 0 aromatic carbocycles. The van der Waals surface area contributed by atoms with Crippen molar-refractivity contribution in [3.63, 3.8) is 0 Å². The molecule has 2 aromatic heterocycles. The summed E-state index contributed by atoms with van der Waals surface area (Å²) in [7, 11) is -3.68. The first-order valence-corrected chi connectivity index (χ1v) is 6.64. The molecular formula is C10H13N5O2S. The summed E-state index contributed by atoms with van der Waals surface area (Å²) >= 11 is 0. The van der Waals surface area contributed by atoms with Crippen molar-refractivity contribution >= 4 is 21.5 Å². The number of nitrogens with one attached hydrogen (secondary N) is 2. The minimum atomic E-state index is -3.68. The lowest BCUT2D eigenvalue weighted by Gasteiger charge is -2.08. The van der Waals surface area contributed by atoms with Crippen LogP contribution in [0, 0.1) is 13.8 Å². The van der Waals surface area contributed by atoms with Crippen LogP contribution in [0.4, 0.5) is 11.5 Å². The van der Waals surface area contributed by atoms with Crippen LogP contribution in [0.3, 0.4) is 0 Å². The van der Waals surface area contributed by atoms with Gasteiger partial charge in [0.2, 0.25) is 0 Å². The molecule has 2 heterocycles. The van der Waals surface area contributed by atoms with Crippen LogP contribution in [0.25, 0.3) is 0 Å². The standard InChI is InChI=1S/C10H13N5O2S/c1-6-10(7(2)14-13-6)15-18(16,17)8-3-4-12-9(11)5-8/h3-5,15H,1-2H3,(H2,11,12)(H,13,14). The fourth-order valence-electron chi connectivity index (χ4n) is 1.49. The molecule has 2 aromatic rings. The zero-order valence-corrected chi connectivity index (χ0v) is 10.7. The molecule has 0 saturated heterocycles. The molecule has 0 amide bonds. The van der Waals surface area contributed by atoms with E-state index >= 15 is 0 Å². The van der Waals surface area contributed by atoms with Gasteiger partial charge in [-0.3, -0.25) is 9.82 Å². The highest BCUT2D eigenvalue weighted by Crippen LogP contribution is 2.21. The third-order valence-corrected chi connectivity index (χ3v) is 3.77. The van der Waals surface area contributed by atoms with E-state index in [1.165, 1.54) is 18.3 Å². The average Bonchev–Trinajstić information content (AvgIpc) is 2.60. The highest BCUT2D eigenvalue weighted by atomic mass is 32.2. The summed E-state index contributed by atoms with van der Waals surface area (Å²) in [6.07, 6.45) is 1.35. The van der Waals surface area contributed by atoms with E-state index in [-0.39, 0.29) is 10.7 Å². The lowest BCUT2D eigenvalue weighted by molar-refractivity contribution is 0.601. The van der Waals surface area contributed by atoms with E-state index in [0.717, 1.165) is 0 Å². The van der Waals surface area contributed by atoms with Crippen molar-refractivity contribution in [2.24, 2.45) is 0 Å². The van der Waals surface area contributed by atoms with Gasteiger partial charge in [0, 0.05) is 12.3 Å². The molecule has 8 heteroatoms. The van der Waals surface area contributed by atoms with Gasteiger partial charge in [-0.25, -0.2) is 13.4 Å². The van der Waals surface area contributed by atoms with Gasteiger partial charge < -0.3 is 5.73 Å². The van der Waals surface area contributed by atoms with E-state index in [1.54, 1.807) is 13.8 Å². The lowest BCUT2D eigenvalue weighted by Crippen LogP contribution is -2.14. The summed E-state index contributed by atoms with van der Waals surface area (Å²) in [5, 5.41) is 6.63. The van der Waals surface area contributed by atoms with E-state index in [1.807, 2.05) is 0 Å². The van der Waals surface area contributed by atoms with E-state index in [9.17, 15) is 8.42 Å². The van der Waals surface area contributed by atoms with Crippen molar-refractivity contribution in [2.75, 3.05) is 10.5 Å². The Morgan fingerprint density at radius 1 is 1.39 bits per heavy atom. The molecule has 2 rings (SSSR count). The number of nitrogens with two attached hydrogens (primary N) is 1. The Kier molecular flexibility index (Phi) is 2.95. The number of nitrogens with zero attached hydrogens (tertiary/aromatic N) is 2. The number of hydrogen-bond donors (Lipinski definition) is 3. The number of aromatic amines is 1. The Balaban J connectivity index is 2.39. The van der Waals surface area contributed by atoms with Crippen LogP contribution in [0.2, 0.25) is 0 Å². The molecule has 0 bridgehead atoms. The van der Waals surface area contributed by atoms with Crippen molar-refractivity contribution < 1.29 is 8.42 Å². The summed E-state index contributed by atoms with van der Waals surface area (Å²) in [6.45, 7) is 3.45. The number of pyridine rings is 1. The molecule has 0 saturated carbocycles. The molecule has 0 fully saturated rings. The summed E-state index contributed by atoms with van der Waals surface area (Å²) in [5.41, 5.74) is 7.15. The Hall–Kier alpha value is -2.09. The van der Waals surface area contributed by atoms with Crippen molar-refractivity contribution in [3.05, 3.63) is 29.7 Å². The third kappa shape index (κ3) is 2.28. The fourth-order valence-corrected chi connectivity index (χ4v) is 2.69. The number of rotatable bonds is 3. The van der Waals surface area contributed by atoms with E-state index in [4.69, 9.17) is 5.73 Å². The second-order valence-electron chi connectivity index (χ2n) is 3.83. The van der Waals surface area contributed by atoms with Gasteiger partial charge in [0.05, 0.1) is 22.0 Å². The van der Waals surface area contributed by atoms with Gasteiger partial charge in [-0.05, 0) is 19.9 Å². The molecule has 18 heavy (non-hydrogen) atoms. The number of hydrogen-bond acceptors (Lipinski definition) is 5. The zero-order chi connectivity index (χ0) is 13.3.